The SMILES string of the molecule is CN(Cc1cn(-c2ccc(F)cc2F)nn1)c1nc(=O)c2cc(S(C)(=O)=O)cc([N+](=O)[O-])c2s1. The number of halogens is 2. The summed E-state index contributed by atoms with van der Waals surface area (Å²) in [4.78, 5) is 28.5. The van der Waals surface area contributed by atoms with Crippen molar-refractivity contribution in [3.05, 3.63) is 74.3 Å². The van der Waals surface area contributed by atoms with Gasteiger partial charge in [-0.15, -0.1) is 5.10 Å². The Morgan fingerprint density at radius 1 is 1.24 bits per heavy atom. The highest BCUT2D eigenvalue weighted by atomic mass is 32.2. The van der Waals surface area contributed by atoms with E-state index in [1.54, 1.807) is 7.05 Å². The Kier molecular flexibility index (Phi) is 5.82. The lowest BCUT2D eigenvalue weighted by Gasteiger charge is -2.15. The Balaban J connectivity index is 1.70. The first-order valence-corrected chi connectivity index (χ1v) is 12.1. The molecule has 0 saturated carbocycles. The van der Waals surface area contributed by atoms with Crippen molar-refractivity contribution in [2.75, 3.05) is 18.2 Å². The minimum atomic E-state index is -3.80. The van der Waals surface area contributed by atoms with Crippen molar-refractivity contribution in [2.24, 2.45) is 0 Å². The Morgan fingerprint density at radius 3 is 2.62 bits per heavy atom. The molecule has 4 aromatic rings. The van der Waals surface area contributed by atoms with Gasteiger partial charge in [-0.25, -0.2) is 21.9 Å². The van der Waals surface area contributed by atoms with E-state index >= 15 is 0 Å². The first-order valence-electron chi connectivity index (χ1n) is 9.35. The van der Waals surface area contributed by atoms with Crippen LogP contribution in [0.4, 0.5) is 19.6 Å². The monoisotopic (exact) mass is 508 g/mol. The van der Waals surface area contributed by atoms with Crippen LogP contribution in [0.25, 0.3) is 15.8 Å². The van der Waals surface area contributed by atoms with E-state index in [9.17, 15) is 32.1 Å². The summed E-state index contributed by atoms with van der Waals surface area (Å²) >= 11 is 0.832. The first-order chi connectivity index (χ1) is 15.9. The topological polar surface area (TPSA) is 141 Å². The molecule has 0 N–H and O–H groups in total. The highest BCUT2D eigenvalue weighted by Gasteiger charge is 2.23. The molecule has 0 saturated heterocycles. The maximum atomic E-state index is 14.0. The van der Waals surface area contributed by atoms with Gasteiger partial charge in [0, 0.05) is 25.4 Å². The molecular weight excluding hydrogens is 494 g/mol. The molecule has 2 aromatic carbocycles. The van der Waals surface area contributed by atoms with Crippen molar-refractivity contribution in [1.82, 2.24) is 20.0 Å². The van der Waals surface area contributed by atoms with Crippen LogP contribution in [0, 0.1) is 21.7 Å². The fourth-order valence-electron chi connectivity index (χ4n) is 3.09. The number of aromatic nitrogens is 4. The fraction of sp³-hybridized carbons (Fsp3) is 0.158. The average Bonchev–Trinajstić information content (AvgIpc) is 3.20. The second-order valence-electron chi connectivity index (χ2n) is 7.26. The Hall–Kier alpha value is -3.85. The molecule has 0 fully saturated rings. The van der Waals surface area contributed by atoms with E-state index < -0.39 is 37.6 Å². The molecule has 0 atom stereocenters. The molecule has 0 amide bonds. The van der Waals surface area contributed by atoms with Gasteiger partial charge in [0.1, 0.15) is 21.9 Å². The van der Waals surface area contributed by atoms with Crippen LogP contribution in [0.2, 0.25) is 0 Å². The maximum absolute atomic E-state index is 14.0. The van der Waals surface area contributed by atoms with E-state index in [-0.39, 0.29) is 32.3 Å². The van der Waals surface area contributed by atoms with Crippen LogP contribution in [0.5, 0.6) is 0 Å². The predicted molar refractivity (Wildman–Crippen MR) is 119 cm³/mol. The van der Waals surface area contributed by atoms with E-state index in [2.05, 4.69) is 15.3 Å². The molecule has 0 aliphatic heterocycles. The molecule has 0 radical (unpaired) electrons. The summed E-state index contributed by atoms with van der Waals surface area (Å²) in [6.07, 6.45) is 2.28. The van der Waals surface area contributed by atoms with Crippen LogP contribution >= 0.6 is 11.3 Å². The molecule has 0 spiro atoms. The van der Waals surface area contributed by atoms with Crippen molar-refractivity contribution < 1.29 is 22.1 Å². The lowest BCUT2D eigenvalue weighted by molar-refractivity contribution is -0.383. The van der Waals surface area contributed by atoms with Crippen LogP contribution in [0.15, 0.2) is 46.2 Å². The molecular formula is C19H14F2N6O5S2. The molecule has 4 rings (SSSR count). The smallest absolute Gasteiger partial charge is 0.288 e. The minimum absolute atomic E-state index is 0.0198. The largest absolute Gasteiger partial charge is 0.345 e. The molecule has 2 aromatic heterocycles. The van der Waals surface area contributed by atoms with Gasteiger partial charge in [0.2, 0.25) is 0 Å². The number of rotatable bonds is 6. The van der Waals surface area contributed by atoms with Gasteiger partial charge in [-0.05, 0) is 18.2 Å². The number of non-ortho nitro benzene ring substituents is 1. The molecule has 0 unspecified atom stereocenters. The summed E-state index contributed by atoms with van der Waals surface area (Å²) in [6, 6.07) is 4.95. The van der Waals surface area contributed by atoms with Gasteiger partial charge >= 0.3 is 0 Å². The number of nitro groups is 1. The summed E-state index contributed by atoms with van der Waals surface area (Å²) in [5.74, 6) is -1.57. The Morgan fingerprint density at radius 2 is 1.97 bits per heavy atom. The molecule has 11 nitrogen and oxygen atoms in total. The number of sulfone groups is 1. The Labute approximate surface area is 194 Å². The second kappa shape index (κ2) is 8.49. The molecule has 15 heteroatoms. The minimum Gasteiger partial charge on any atom is -0.345 e. The van der Waals surface area contributed by atoms with Gasteiger partial charge in [-0.1, -0.05) is 16.6 Å². The number of nitrogens with zero attached hydrogens (tertiary/aromatic N) is 6. The number of nitro benzene ring substituents is 1. The van der Waals surface area contributed by atoms with Crippen LogP contribution < -0.4 is 10.5 Å². The van der Waals surface area contributed by atoms with Gasteiger partial charge in [-0.2, -0.15) is 4.98 Å². The summed E-state index contributed by atoms with van der Waals surface area (Å²) in [5, 5.41) is 19.2. The van der Waals surface area contributed by atoms with E-state index in [1.165, 1.54) is 17.2 Å². The van der Waals surface area contributed by atoms with Gasteiger partial charge < -0.3 is 4.90 Å². The molecule has 0 bridgehead atoms. The number of hydrogen-bond donors (Lipinski definition) is 0. The van der Waals surface area contributed by atoms with Gasteiger partial charge in [0.25, 0.3) is 11.2 Å². The van der Waals surface area contributed by atoms with Crippen LogP contribution in [0.3, 0.4) is 0 Å². The van der Waals surface area contributed by atoms with Crippen molar-refractivity contribution in [1.29, 1.82) is 0 Å². The summed E-state index contributed by atoms with van der Waals surface area (Å²) in [6.45, 7) is 0.0481. The highest BCUT2D eigenvalue weighted by molar-refractivity contribution is 7.90. The predicted octanol–water partition coefficient (Wildman–Crippen LogP) is 2.46. The number of anilines is 1. The zero-order chi connectivity index (χ0) is 24.8. The molecule has 2 heterocycles. The number of fused-ring (bicyclic) bond motifs is 1. The molecule has 176 valence electrons. The van der Waals surface area contributed by atoms with Crippen LogP contribution in [-0.4, -0.2) is 46.6 Å². The van der Waals surface area contributed by atoms with Crippen molar-refractivity contribution in [3.8, 4) is 5.69 Å². The molecule has 0 aliphatic rings. The first kappa shape index (κ1) is 23.3. The molecule has 0 aliphatic carbocycles. The summed E-state index contributed by atoms with van der Waals surface area (Å²) in [5.41, 5.74) is -1.04. The van der Waals surface area contributed by atoms with Crippen molar-refractivity contribution in [2.45, 2.75) is 11.4 Å². The highest BCUT2D eigenvalue weighted by Crippen LogP contribution is 2.34. The lowest BCUT2D eigenvalue weighted by atomic mass is 10.2. The van der Waals surface area contributed by atoms with Gasteiger partial charge in [0.15, 0.2) is 20.8 Å². The third kappa shape index (κ3) is 4.47. The van der Waals surface area contributed by atoms with E-state index in [0.717, 1.165) is 40.5 Å². The van der Waals surface area contributed by atoms with Crippen molar-refractivity contribution >= 4 is 42.1 Å². The quantitative estimate of drug-likeness (QED) is 0.284. The summed E-state index contributed by atoms with van der Waals surface area (Å²) in [7, 11) is -2.25. The second-order valence-corrected chi connectivity index (χ2v) is 10.2. The number of hydrogen-bond acceptors (Lipinski definition) is 10. The number of benzene rings is 2. The fourth-order valence-corrected chi connectivity index (χ4v) is 4.78. The van der Waals surface area contributed by atoms with E-state index in [4.69, 9.17) is 0 Å². The van der Waals surface area contributed by atoms with Crippen LogP contribution in [-0.2, 0) is 16.4 Å². The maximum Gasteiger partial charge on any atom is 0.288 e. The molecule has 34 heavy (non-hydrogen) atoms. The lowest BCUT2D eigenvalue weighted by Crippen LogP contribution is -2.20. The average molecular weight is 508 g/mol. The zero-order valence-corrected chi connectivity index (χ0v) is 19.1. The van der Waals surface area contributed by atoms with E-state index in [1.807, 2.05) is 0 Å². The van der Waals surface area contributed by atoms with Crippen LogP contribution in [0.1, 0.15) is 5.69 Å². The van der Waals surface area contributed by atoms with Gasteiger partial charge in [0.05, 0.1) is 27.9 Å². The van der Waals surface area contributed by atoms with Gasteiger partial charge in [-0.3, -0.25) is 14.9 Å². The third-order valence-corrected chi connectivity index (χ3v) is 7.02. The Bertz CT molecular complexity index is 1620. The third-order valence-electron chi connectivity index (χ3n) is 4.71. The zero-order valence-electron chi connectivity index (χ0n) is 17.5. The van der Waals surface area contributed by atoms with Crippen molar-refractivity contribution in [3.63, 3.8) is 0 Å². The summed E-state index contributed by atoms with van der Waals surface area (Å²) < 4.78 is 52.0. The standard InChI is InChI=1S/C19H14F2N6O5S2/c1-25(8-11-9-26(24-23-11)15-4-3-10(20)5-14(15)21)19-22-18(28)13-6-12(34(2,31)32)7-16(27(29)30)17(13)33-19/h3-7,9H,8H2,1-2H3. The normalized spacial score (nSPS) is 11.6. The van der Waals surface area contributed by atoms with E-state index in [0.29, 0.717) is 11.8 Å².